The van der Waals surface area contributed by atoms with Gasteiger partial charge in [-0.1, -0.05) is 36.4 Å². The zero-order chi connectivity index (χ0) is 21.3. The molecular formula is C23H23FN2O3S. The first-order chi connectivity index (χ1) is 14.3. The SMILES string of the molecule is Cc1ccc(F)cc1NC(=O)C1CCCN(S(=O)(=O)c2ccc3ccccc3c2)C1. The number of hydrogen-bond acceptors (Lipinski definition) is 3. The third-order valence-electron chi connectivity index (χ3n) is 5.57. The minimum Gasteiger partial charge on any atom is -0.325 e. The predicted octanol–water partition coefficient (Wildman–Crippen LogP) is 4.33. The molecule has 1 atom stereocenters. The monoisotopic (exact) mass is 426 g/mol. The van der Waals surface area contributed by atoms with Gasteiger partial charge >= 0.3 is 0 Å². The van der Waals surface area contributed by atoms with E-state index in [0.717, 1.165) is 16.3 Å². The van der Waals surface area contributed by atoms with Crippen LogP contribution in [-0.2, 0) is 14.8 Å². The van der Waals surface area contributed by atoms with Crippen molar-refractivity contribution in [2.45, 2.75) is 24.7 Å². The number of amides is 1. The first-order valence-corrected chi connectivity index (χ1v) is 11.3. The molecule has 1 aliphatic heterocycles. The Hall–Kier alpha value is -2.77. The van der Waals surface area contributed by atoms with Crippen molar-refractivity contribution < 1.29 is 17.6 Å². The molecule has 1 heterocycles. The molecule has 0 aliphatic carbocycles. The zero-order valence-electron chi connectivity index (χ0n) is 16.6. The molecule has 1 saturated heterocycles. The zero-order valence-corrected chi connectivity index (χ0v) is 17.5. The summed E-state index contributed by atoms with van der Waals surface area (Å²) in [5.41, 5.74) is 1.16. The number of rotatable bonds is 4. The summed E-state index contributed by atoms with van der Waals surface area (Å²) in [6, 6.07) is 16.9. The normalized spacial score (nSPS) is 17.7. The van der Waals surface area contributed by atoms with Crippen LogP contribution in [0.1, 0.15) is 18.4 Å². The number of anilines is 1. The van der Waals surface area contributed by atoms with Crippen molar-refractivity contribution in [1.82, 2.24) is 4.31 Å². The smallest absolute Gasteiger partial charge is 0.243 e. The third-order valence-corrected chi connectivity index (χ3v) is 7.43. The van der Waals surface area contributed by atoms with Crippen LogP contribution in [0.4, 0.5) is 10.1 Å². The highest BCUT2D eigenvalue weighted by Crippen LogP contribution is 2.27. The van der Waals surface area contributed by atoms with Crippen LogP contribution >= 0.6 is 0 Å². The minimum absolute atomic E-state index is 0.107. The summed E-state index contributed by atoms with van der Waals surface area (Å²) in [4.78, 5) is 13.0. The van der Waals surface area contributed by atoms with E-state index >= 15 is 0 Å². The molecule has 1 amide bonds. The number of nitrogens with one attached hydrogen (secondary N) is 1. The van der Waals surface area contributed by atoms with Crippen LogP contribution in [0, 0.1) is 18.7 Å². The number of hydrogen-bond donors (Lipinski definition) is 1. The van der Waals surface area contributed by atoms with E-state index in [1.807, 2.05) is 24.3 Å². The van der Waals surface area contributed by atoms with Gasteiger partial charge in [-0.05, 0) is 60.4 Å². The Kier molecular flexibility index (Phi) is 5.58. The van der Waals surface area contributed by atoms with Gasteiger partial charge in [0.15, 0.2) is 0 Å². The van der Waals surface area contributed by atoms with Crippen molar-refractivity contribution in [3.8, 4) is 0 Å². The lowest BCUT2D eigenvalue weighted by Crippen LogP contribution is -2.43. The summed E-state index contributed by atoms with van der Waals surface area (Å²) in [5.74, 6) is -1.21. The summed E-state index contributed by atoms with van der Waals surface area (Å²) < 4.78 is 41.3. The summed E-state index contributed by atoms with van der Waals surface area (Å²) in [7, 11) is -3.71. The molecule has 5 nitrogen and oxygen atoms in total. The van der Waals surface area contributed by atoms with Gasteiger partial charge in [-0.3, -0.25) is 4.79 Å². The number of fused-ring (bicyclic) bond motifs is 1. The second-order valence-corrected chi connectivity index (χ2v) is 9.60. The first-order valence-electron chi connectivity index (χ1n) is 9.90. The second kappa shape index (κ2) is 8.16. The molecule has 3 aromatic carbocycles. The van der Waals surface area contributed by atoms with Gasteiger partial charge in [0.05, 0.1) is 10.8 Å². The number of benzene rings is 3. The molecule has 0 bridgehead atoms. The van der Waals surface area contributed by atoms with E-state index in [-0.39, 0.29) is 17.3 Å². The Morgan fingerprint density at radius 1 is 1.07 bits per heavy atom. The molecule has 0 saturated carbocycles. The van der Waals surface area contributed by atoms with Gasteiger partial charge in [-0.2, -0.15) is 4.31 Å². The third kappa shape index (κ3) is 4.08. The van der Waals surface area contributed by atoms with Crippen LogP contribution in [0.3, 0.4) is 0 Å². The van der Waals surface area contributed by atoms with E-state index in [4.69, 9.17) is 0 Å². The van der Waals surface area contributed by atoms with Gasteiger partial charge in [0.2, 0.25) is 15.9 Å². The summed E-state index contributed by atoms with van der Waals surface area (Å²) in [6.45, 7) is 2.26. The molecular weight excluding hydrogens is 403 g/mol. The van der Waals surface area contributed by atoms with Crippen LogP contribution in [-0.4, -0.2) is 31.7 Å². The standard InChI is InChI=1S/C23H23FN2O3S/c1-16-8-10-20(24)14-22(16)25-23(27)19-7-4-12-26(15-19)30(28,29)21-11-9-17-5-2-3-6-18(17)13-21/h2-3,5-6,8-11,13-14,19H,4,7,12,15H2,1H3,(H,25,27). The molecule has 1 N–H and O–H groups in total. The van der Waals surface area contributed by atoms with Gasteiger partial charge in [0, 0.05) is 18.8 Å². The topological polar surface area (TPSA) is 66.5 Å². The Balaban J connectivity index is 1.53. The number of sulfonamides is 1. The largest absolute Gasteiger partial charge is 0.325 e. The van der Waals surface area contributed by atoms with E-state index in [1.165, 1.54) is 16.4 Å². The average Bonchev–Trinajstić information content (AvgIpc) is 2.76. The highest BCUT2D eigenvalue weighted by molar-refractivity contribution is 7.89. The molecule has 3 aromatic rings. The van der Waals surface area contributed by atoms with Crippen molar-refractivity contribution in [3.05, 3.63) is 72.0 Å². The predicted molar refractivity (Wildman–Crippen MR) is 115 cm³/mol. The maximum absolute atomic E-state index is 13.5. The molecule has 1 unspecified atom stereocenters. The van der Waals surface area contributed by atoms with Gasteiger partial charge in [-0.25, -0.2) is 12.8 Å². The maximum atomic E-state index is 13.5. The highest BCUT2D eigenvalue weighted by Gasteiger charge is 2.33. The lowest BCUT2D eigenvalue weighted by atomic mass is 9.98. The van der Waals surface area contributed by atoms with E-state index in [1.54, 1.807) is 31.2 Å². The molecule has 1 aliphatic rings. The number of carbonyl (C=O) groups is 1. The summed E-state index contributed by atoms with van der Waals surface area (Å²) in [6.07, 6.45) is 1.18. The van der Waals surface area contributed by atoms with Crippen molar-refractivity contribution in [2.75, 3.05) is 18.4 Å². The Morgan fingerprint density at radius 3 is 2.63 bits per heavy atom. The van der Waals surface area contributed by atoms with Crippen LogP contribution in [0.25, 0.3) is 10.8 Å². The van der Waals surface area contributed by atoms with E-state index in [0.29, 0.717) is 25.1 Å². The van der Waals surface area contributed by atoms with Crippen LogP contribution in [0.5, 0.6) is 0 Å². The molecule has 30 heavy (non-hydrogen) atoms. The Labute approximate surface area is 175 Å². The van der Waals surface area contributed by atoms with Crippen LogP contribution < -0.4 is 5.32 Å². The quantitative estimate of drug-likeness (QED) is 0.675. The highest BCUT2D eigenvalue weighted by atomic mass is 32.2. The first kappa shape index (κ1) is 20.5. The maximum Gasteiger partial charge on any atom is 0.243 e. The molecule has 0 aromatic heterocycles. The number of carbonyl (C=O) groups excluding carboxylic acids is 1. The number of nitrogens with zero attached hydrogens (tertiary/aromatic N) is 1. The molecule has 7 heteroatoms. The van der Waals surface area contributed by atoms with Crippen molar-refractivity contribution in [2.24, 2.45) is 5.92 Å². The van der Waals surface area contributed by atoms with Crippen molar-refractivity contribution >= 4 is 32.4 Å². The summed E-state index contributed by atoms with van der Waals surface area (Å²) >= 11 is 0. The van der Waals surface area contributed by atoms with Crippen LogP contribution in [0.2, 0.25) is 0 Å². The van der Waals surface area contributed by atoms with E-state index < -0.39 is 21.8 Å². The van der Waals surface area contributed by atoms with Gasteiger partial charge in [0.25, 0.3) is 0 Å². The number of piperidine rings is 1. The lowest BCUT2D eigenvalue weighted by molar-refractivity contribution is -0.120. The summed E-state index contributed by atoms with van der Waals surface area (Å²) in [5, 5.41) is 4.58. The van der Waals surface area contributed by atoms with E-state index in [9.17, 15) is 17.6 Å². The van der Waals surface area contributed by atoms with Gasteiger partial charge in [0.1, 0.15) is 5.82 Å². The number of aryl methyl sites for hydroxylation is 1. The fourth-order valence-corrected chi connectivity index (χ4v) is 5.38. The van der Waals surface area contributed by atoms with Gasteiger partial charge < -0.3 is 5.32 Å². The molecule has 4 rings (SSSR count). The molecule has 0 radical (unpaired) electrons. The average molecular weight is 427 g/mol. The second-order valence-electron chi connectivity index (χ2n) is 7.66. The van der Waals surface area contributed by atoms with E-state index in [2.05, 4.69) is 5.32 Å². The Morgan fingerprint density at radius 2 is 1.83 bits per heavy atom. The minimum atomic E-state index is -3.71. The Bertz CT molecular complexity index is 1210. The molecule has 0 spiro atoms. The van der Waals surface area contributed by atoms with Gasteiger partial charge in [-0.15, -0.1) is 0 Å². The fraction of sp³-hybridized carbons (Fsp3) is 0.261. The fourth-order valence-electron chi connectivity index (χ4n) is 3.82. The van der Waals surface area contributed by atoms with Crippen molar-refractivity contribution in [1.29, 1.82) is 0 Å². The van der Waals surface area contributed by atoms with Crippen LogP contribution in [0.15, 0.2) is 65.6 Å². The lowest BCUT2D eigenvalue weighted by Gasteiger charge is -2.31. The molecule has 156 valence electrons. The molecule has 1 fully saturated rings. The van der Waals surface area contributed by atoms with Crippen molar-refractivity contribution in [3.63, 3.8) is 0 Å². The number of halogens is 1.